The van der Waals surface area contributed by atoms with Crippen LogP contribution in [0.3, 0.4) is 0 Å². The number of rotatable bonds is 4. The summed E-state index contributed by atoms with van der Waals surface area (Å²) < 4.78 is 13.1. The van der Waals surface area contributed by atoms with E-state index >= 15 is 0 Å². The minimum atomic E-state index is -0.971. The minimum Gasteiger partial charge on any atom is -0.326 e. The number of benzene rings is 1. The van der Waals surface area contributed by atoms with Gasteiger partial charge in [0.1, 0.15) is 0 Å². The molecule has 0 aromatic heterocycles. The van der Waals surface area contributed by atoms with Crippen LogP contribution in [0, 0.1) is 15.9 Å². The highest BCUT2D eigenvalue weighted by atomic mass is 79.9. The lowest BCUT2D eigenvalue weighted by atomic mass is 10.2. The number of anilines is 1. The van der Waals surface area contributed by atoms with Crippen molar-refractivity contribution in [2.24, 2.45) is 0 Å². The Kier molecular flexibility index (Phi) is 4.36. The molecular weight excluding hydrogens is 283 g/mol. The lowest BCUT2D eigenvalue weighted by Gasteiger charge is -2.03. The van der Waals surface area contributed by atoms with E-state index < -0.39 is 16.4 Å². The summed E-state index contributed by atoms with van der Waals surface area (Å²) in [5.41, 5.74) is -0.410. The summed E-state index contributed by atoms with van der Waals surface area (Å²) >= 11 is 3.08. The van der Waals surface area contributed by atoms with Crippen molar-refractivity contribution in [2.45, 2.75) is 6.42 Å². The Labute approximate surface area is 98.9 Å². The Hall–Kier alpha value is -1.50. The SMILES string of the molecule is O=C(CCBr)Nc1ccc([N+](=O)[O-])c(F)c1. The molecule has 1 amide bonds. The van der Waals surface area contributed by atoms with Crippen molar-refractivity contribution in [2.75, 3.05) is 10.6 Å². The number of alkyl halides is 1. The van der Waals surface area contributed by atoms with Gasteiger partial charge in [0.05, 0.1) is 4.92 Å². The molecule has 0 saturated heterocycles. The maximum Gasteiger partial charge on any atom is 0.304 e. The third-order valence-electron chi connectivity index (χ3n) is 1.75. The Morgan fingerprint density at radius 1 is 1.56 bits per heavy atom. The van der Waals surface area contributed by atoms with Gasteiger partial charge in [-0.15, -0.1) is 0 Å². The van der Waals surface area contributed by atoms with Crippen molar-refractivity contribution < 1.29 is 14.1 Å². The maximum atomic E-state index is 13.1. The molecule has 0 aliphatic heterocycles. The highest BCUT2D eigenvalue weighted by molar-refractivity contribution is 9.09. The van der Waals surface area contributed by atoms with Gasteiger partial charge in [-0.1, -0.05) is 15.9 Å². The van der Waals surface area contributed by atoms with E-state index in [1.54, 1.807) is 0 Å². The topological polar surface area (TPSA) is 72.2 Å². The number of nitro groups is 1. The van der Waals surface area contributed by atoms with Crippen molar-refractivity contribution in [1.82, 2.24) is 0 Å². The first-order valence-electron chi connectivity index (χ1n) is 4.34. The summed E-state index contributed by atoms with van der Waals surface area (Å²) in [5.74, 6) is -1.26. The largest absolute Gasteiger partial charge is 0.326 e. The minimum absolute atomic E-state index is 0.203. The molecular formula is C9H8BrFN2O3. The normalized spacial score (nSPS) is 9.88. The summed E-state index contributed by atoms with van der Waals surface area (Å²) in [6.07, 6.45) is 0.249. The molecule has 0 aliphatic carbocycles. The van der Waals surface area contributed by atoms with Gasteiger partial charge < -0.3 is 5.32 Å². The van der Waals surface area contributed by atoms with Crippen LogP contribution < -0.4 is 5.32 Å². The molecule has 1 rings (SSSR count). The fraction of sp³-hybridized carbons (Fsp3) is 0.222. The predicted molar refractivity (Wildman–Crippen MR) is 60.1 cm³/mol. The van der Waals surface area contributed by atoms with Crippen LogP contribution in [0.25, 0.3) is 0 Å². The average molecular weight is 291 g/mol. The van der Waals surface area contributed by atoms with Crippen LogP contribution in [0.1, 0.15) is 6.42 Å². The summed E-state index contributed by atoms with van der Waals surface area (Å²) in [6, 6.07) is 3.22. The molecule has 0 fully saturated rings. The van der Waals surface area contributed by atoms with Crippen LogP contribution in [-0.2, 0) is 4.79 Å². The molecule has 0 unspecified atom stereocenters. The second-order valence-electron chi connectivity index (χ2n) is 2.91. The quantitative estimate of drug-likeness (QED) is 0.526. The van der Waals surface area contributed by atoms with E-state index in [1.165, 1.54) is 6.07 Å². The Balaban J connectivity index is 2.81. The molecule has 1 aromatic carbocycles. The van der Waals surface area contributed by atoms with Gasteiger partial charge in [0.25, 0.3) is 0 Å². The summed E-state index contributed by atoms with van der Waals surface area (Å²) in [4.78, 5) is 20.7. The van der Waals surface area contributed by atoms with Crippen molar-refractivity contribution in [3.05, 3.63) is 34.1 Å². The molecule has 0 aliphatic rings. The summed E-state index contributed by atoms with van der Waals surface area (Å²) in [7, 11) is 0. The molecule has 1 aromatic rings. The van der Waals surface area contributed by atoms with Crippen LogP contribution in [-0.4, -0.2) is 16.2 Å². The first kappa shape index (κ1) is 12.6. The Morgan fingerprint density at radius 3 is 2.75 bits per heavy atom. The van der Waals surface area contributed by atoms with E-state index in [2.05, 4.69) is 21.2 Å². The lowest BCUT2D eigenvalue weighted by Crippen LogP contribution is -2.11. The first-order chi connectivity index (χ1) is 7.54. The molecule has 0 saturated carbocycles. The van der Waals surface area contributed by atoms with E-state index in [-0.39, 0.29) is 18.0 Å². The molecule has 7 heteroatoms. The zero-order valence-electron chi connectivity index (χ0n) is 8.07. The maximum absolute atomic E-state index is 13.1. The second kappa shape index (κ2) is 5.55. The molecule has 1 N–H and O–H groups in total. The molecule has 0 spiro atoms. The van der Waals surface area contributed by atoms with Crippen LogP contribution in [0.15, 0.2) is 18.2 Å². The molecule has 0 radical (unpaired) electrons. The number of amides is 1. The van der Waals surface area contributed by atoms with Gasteiger partial charge in [0.2, 0.25) is 11.7 Å². The van der Waals surface area contributed by atoms with E-state index in [0.29, 0.717) is 5.33 Å². The van der Waals surface area contributed by atoms with Crippen LogP contribution in [0.2, 0.25) is 0 Å². The zero-order valence-corrected chi connectivity index (χ0v) is 9.66. The van der Waals surface area contributed by atoms with Crippen molar-refractivity contribution in [1.29, 1.82) is 0 Å². The third kappa shape index (κ3) is 3.27. The van der Waals surface area contributed by atoms with Gasteiger partial charge >= 0.3 is 5.69 Å². The van der Waals surface area contributed by atoms with Gasteiger partial charge in [-0.05, 0) is 6.07 Å². The number of carbonyl (C=O) groups is 1. The van der Waals surface area contributed by atoms with E-state index in [9.17, 15) is 19.3 Å². The number of halogens is 2. The van der Waals surface area contributed by atoms with Gasteiger partial charge in [-0.25, -0.2) is 0 Å². The highest BCUT2D eigenvalue weighted by Crippen LogP contribution is 2.20. The number of hydrogen-bond donors (Lipinski definition) is 1. The fourth-order valence-electron chi connectivity index (χ4n) is 1.04. The predicted octanol–water partition coefficient (Wildman–Crippen LogP) is 2.46. The highest BCUT2D eigenvalue weighted by Gasteiger charge is 2.14. The number of hydrogen-bond acceptors (Lipinski definition) is 3. The van der Waals surface area contributed by atoms with Crippen LogP contribution in [0.4, 0.5) is 15.8 Å². The Morgan fingerprint density at radius 2 is 2.25 bits per heavy atom. The monoisotopic (exact) mass is 290 g/mol. The standard InChI is InChI=1S/C9H8BrFN2O3/c10-4-3-9(14)12-6-1-2-8(13(15)16)7(11)5-6/h1-2,5H,3-4H2,(H,12,14). The van der Waals surface area contributed by atoms with Crippen LogP contribution >= 0.6 is 15.9 Å². The number of nitrogens with one attached hydrogen (secondary N) is 1. The smallest absolute Gasteiger partial charge is 0.304 e. The molecule has 0 heterocycles. The molecule has 0 atom stereocenters. The molecule has 86 valence electrons. The lowest BCUT2D eigenvalue weighted by molar-refractivity contribution is -0.387. The fourth-order valence-corrected chi connectivity index (χ4v) is 1.40. The molecule has 16 heavy (non-hydrogen) atoms. The van der Waals surface area contributed by atoms with Gasteiger partial charge in [-0.3, -0.25) is 14.9 Å². The number of nitro benzene ring substituents is 1. The van der Waals surface area contributed by atoms with Crippen LogP contribution in [0.5, 0.6) is 0 Å². The third-order valence-corrected chi connectivity index (χ3v) is 2.15. The summed E-state index contributed by atoms with van der Waals surface area (Å²) in [6.45, 7) is 0. The molecule has 0 bridgehead atoms. The number of nitrogens with zero attached hydrogens (tertiary/aromatic N) is 1. The first-order valence-corrected chi connectivity index (χ1v) is 5.46. The second-order valence-corrected chi connectivity index (χ2v) is 3.70. The van der Waals surface area contributed by atoms with E-state index in [4.69, 9.17) is 0 Å². The van der Waals surface area contributed by atoms with Crippen molar-refractivity contribution in [3.8, 4) is 0 Å². The van der Waals surface area contributed by atoms with Crippen molar-refractivity contribution >= 4 is 33.2 Å². The van der Waals surface area contributed by atoms with Gasteiger partial charge in [0, 0.05) is 29.6 Å². The van der Waals surface area contributed by atoms with Crippen molar-refractivity contribution in [3.63, 3.8) is 0 Å². The average Bonchev–Trinajstić information content (AvgIpc) is 2.17. The Bertz CT molecular complexity index is 425. The van der Waals surface area contributed by atoms with Gasteiger partial charge in [-0.2, -0.15) is 4.39 Å². The zero-order chi connectivity index (χ0) is 12.1. The van der Waals surface area contributed by atoms with Gasteiger partial charge in [0.15, 0.2) is 0 Å². The molecule has 5 nitrogen and oxygen atoms in total. The van der Waals surface area contributed by atoms with E-state index in [1.807, 2.05) is 0 Å². The summed E-state index contributed by atoms with van der Waals surface area (Å²) in [5, 5.41) is 13.2. The van der Waals surface area contributed by atoms with E-state index in [0.717, 1.165) is 12.1 Å². The number of carbonyl (C=O) groups excluding carboxylic acids is 1.